The van der Waals surface area contributed by atoms with Crippen LogP contribution in [-0.4, -0.2) is 16.1 Å². The van der Waals surface area contributed by atoms with Crippen molar-refractivity contribution in [3.63, 3.8) is 0 Å². The molecule has 0 amide bonds. The molecule has 1 atom stereocenters. The number of fused-ring (bicyclic) bond motifs is 1. The third-order valence-corrected chi connectivity index (χ3v) is 4.43. The van der Waals surface area contributed by atoms with E-state index in [0.29, 0.717) is 10.1 Å². The van der Waals surface area contributed by atoms with Crippen LogP contribution in [0, 0.1) is 0 Å². The lowest BCUT2D eigenvalue weighted by molar-refractivity contribution is -0.132. The molecule has 5 nitrogen and oxygen atoms in total. The van der Waals surface area contributed by atoms with Gasteiger partial charge in [-0.2, -0.15) is 0 Å². The number of nitrogens with zero attached hydrogens (tertiary/aromatic N) is 1. The predicted molar refractivity (Wildman–Crippen MR) is 75.3 cm³/mol. The maximum atomic E-state index is 12.4. The van der Waals surface area contributed by atoms with E-state index in [0.717, 1.165) is 15.9 Å². The highest BCUT2D eigenvalue weighted by molar-refractivity contribution is 7.16. The highest BCUT2D eigenvalue weighted by Crippen LogP contribution is 2.22. The van der Waals surface area contributed by atoms with Gasteiger partial charge in [-0.15, -0.1) is 0 Å². The molecule has 0 saturated heterocycles. The summed E-state index contributed by atoms with van der Waals surface area (Å²) in [6, 6.07) is 6.03. The third-order valence-electron chi connectivity index (χ3n) is 3.48. The summed E-state index contributed by atoms with van der Waals surface area (Å²) in [5.41, 5.74) is -0.447. The molecule has 1 aliphatic rings. The fourth-order valence-corrected chi connectivity index (χ4v) is 3.40. The van der Waals surface area contributed by atoms with Crippen LogP contribution in [0.25, 0.3) is 10.1 Å². The fourth-order valence-electron chi connectivity index (χ4n) is 2.49. The number of carbonyl (C=O) groups excluding carboxylic acids is 2. The molecule has 2 aromatic rings. The third kappa shape index (κ3) is 2.02. The minimum atomic E-state index is -0.798. The zero-order chi connectivity index (χ0) is 14.3. The largest absolute Gasteiger partial charge is 0.311 e. The molecule has 1 aromatic heterocycles. The molecule has 20 heavy (non-hydrogen) atoms. The van der Waals surface area contributed by atoms with Crippen LogP contribution in [0.2, 0.25) is 0 Å². The maximum absolute atomic E-state index is 12.4. The van der Waals surface area contributed by atoms with Crippen molar-refractivity contribution in [2.45, 2.75) is 25.3 Å². The number of hydrogen-bond acceptors (Lipinski definition) is 5. The van der Waals surface area contributed by atoms with Crippen molar-refractivity contribution in [2.24, 2.45) is 0 Å². The lowest BCUT2D eigenvalue weighted by Gasteiger charge is -2.21. The summed E-state index contributed by atoms with van der Waals surface area (Å²) in [6.07, 6.45) is 0.283. The molecular weight excluding hydrogens is 278 g/mol. The van der Waals surface area contributed by atoms with Gasteiger partial charge in [-0.25, -0.2) is 0 Å². The molecule has 1 unspecified atom stereocenters. The Morgan fingerprint density at radius 2 is 1.85 bits per heavy atom. The Bertz CT molecular complexity index is 833. The summed E-state index contributed by atoms with van der Waals surface area (Å²) in [4.78, 5) is 47.3. The Kier molecular flexibility index (Phi) is 3.10. The minimum Gasteiger partial charge on any atom is -0.299 e. The van der Waals surface area contributed by atoms with Gasteiger partial charge >= 0.3 is 4.87 Å². The van der Waals surface area contributed by atoms with E-state index >= 15 is 0 Å². The SMILES string of the molecule is O=C1CCC(n2c(=O)sc3ccccc3c2=O)C(=O)C1. The van der Waals surface area contributed by atoms with Crippen LogP contribution in [-0.2, 0) is 9.59 Å². The number of carbonyl (C=O) groups is 2. The molecule has 3 rings (SSSR count). The first-order valence-electron chi connectivity index (χ1n) is 6.27. The number of aromatic nitrogens is 1. The van der Waals surface area contributed by atoms with Gasteiger partial charge in [-0.05, 0) is 18.6 Å². The number of Topliss-reactive ketones (excluding diaryl/α,β-unsaturated/α-hetero) is 2. The molecule has 6 heteroatoms. The zero-order valence-corrected chi connectivity index (χ0v) is 11.3. The Balaban J connectivity index is 2.22. The van der Waals surface area contributed by atoms with E-state index in [9.17, 15) is 19.2 Å². The molecule has 102 valence electrons. The van der Waals surface area contributed by atoms with Crippen LogP contribution < -0.4 is 10.4 Å². The predicted octanol–water partition coefficient (Wildman–Crippen LogP) is 1.29. The summed E-state index contributed by atoms with van der Waals surface area (Å²) >= 11 is 0.949. The van der Waals surface area contributed by atoms with Crippen molar-refractivity contribution in [2.75, 3.05) is 0 Å². The Morgan fingerprint density at radius 1 is 1.10 bits per heavy atom. The molecule has 0 aliphatic heterocycles. The number of ketones is 2. The number of hydrogen-bond donors (Lipinski definition) is 0. The molecule has 1 aromatic carbocycles. The highest BCUT2D eigenvalue weighted by Gasteiger charge is 2.30. The van der Waals surface area contributed by atoms with E-state index < -0.39 is 16.5 Å². The molecule has 1 saturated carbocycles. The van der Waals surface area contributed by atoms with E-state index in [1.165, 1.54) is 0 Å². The van der Waals surface area contributed by atoms with E-state index in [-0.39, 0.29) is 30.8 Å². The Labute approximate surface area is 117 Å². The Morgan fingerprint density at radius 3 is 2.60 bits per heavy atom. The average molecular weight is 289 g/mol. The molecule has 1 fully saturated rings. The zero-order valence-electron chi connectivity index (χ0n) is 10.5. The Hall–Kier alpha value is -2.08. The maximum Gasteiger partial charge on any atom is 0.311 e. The van der Waals surface area contributed by atoms with Gasteiger partial charge in [0.15, 0.2) is 5.78 Å². The standard InChI is InChI=1S/C14H11NO4S/c16-8-5-6-10(11(17)7-8)15-13(18)9-3-1-2-4-12(9)20-14(15)19/h1-4,10H,5-7H2. The summed E-state index contributed by atoms with van der Waals surface area (Å²) < 4.78 is 1.62. The molecular formula is C14H11NO4S. The first-order valence-corrected chi connectivity index (χ1v) is 7.08. The quantitative estimate of drug-likeness (QED) is 0.741. The molecule has 0 bridgehead atoms. The second kappa shape index (κ2) is 4.79. The van der Waals surface area contributed by atoms with Gasteiger partial charge in [0.2, 0.25) is 0 Å². The topological polar surface area (TPSA) is 73.2 Å². The van der Waals surface area contributed by atoms with Crippen LogP contribution in [0.5, 0.6) is 0 Å². The van der Waals surface area contributed by atoms with Gasteiger partial charge in [0.25, 0.3) is 5.56 Å². The van der Waals surface area contributed by atoms with Crippen molar-refractivity contribution in [3.05, 3.63) is 44.3 Å². The van der Waals surface area contributed by atoms with E-state index in [4.69, 9.17) is 0 Å². The van der Waals surface area contributed by atoms with Crippen LogP contribution in [0.1, 0.15) is 25.3 Å². The minimum absolute atomic E-state index is 0.129. The molecule has 0 radical (unpaired) electrons. The summed E-state index contributed by atoms with van der Waals surface area (Å²) in [7, 11) is 0. The lowest BCUT2D eigenvalue weighted by Crippen LogP contribution is -2.40. The fraction of sp³-hybridized carbons (Fsp3) is 0.286. The van der Waals surface area contributed by atoms with Crippen molar-refractivity contribution in [3.8, 4) is 0 Å². The summed E-state index contributed by atoms with van der Waals surface area (Å²) in [5.74, 6) is -0.473. The molecule has 1 heterocycles. The van der Waals surface area contributed by atoms with E-state index in [2.05, 4.69) is 0 Å². The molecule has 0 spiro atoms. The highest BCUT2D eigenvalue weighted by atomic mass is 32.1. The molecule has 0 N–H and O–H groups in total. The van der Waals surface area contributed by atoms with Gasteiger partial charge in [0, 0.05) is 11.1 Å². The van der Waals surface area contributed by atoms with Crippen LogP contribution in [0.3, 0.4) is 0 Å². The van der Waals surface area contributed by atoms with Crippen LogP contribution in [0.15, 0.2) is 33.9 Å². The van der Waals surface area contributed by atoms with Crippen molar-refractivity contribution in [1.82, 2.24) is 4.57 Å². The van der Waals surface area contributed by atoms with Crippen molar-refractivity contribution < 1.29 is 9.59 Å². The van der Waals surface area contributed by atoms with Gasteiger partial charge in [0.1, 0.15) is 11.8 Å². The summed E-state index contributed by atoms with van der Waals surface area (Å²) in [5, 5.41) is 0.432. The van der Waals surface area contributed by atoms with Gasteiger partial charge in [-0.1, -0.05) is 23.5 Å². The van der Waals surface area contributed by atoms with Crippen LogP contribution in [0.4, 0.5) is 0 Å². The second-order valence-corrected chi connectivity index (χ2v) is 5.77. The van der Waals surface area contributed by atoms with E-state index in [1.54, 1.807) is 24.3 Å². The first kappa shape index (κ1) is 12.9. The monoisotopic (exact) mass is 289 g/mol. The van der Waals surface area contributed by atoms with E-state index in [1.807, 2.05) is 0 Å². The first-order chi connectivity index (χ1) is 9.58. The smallest absolute Gasteiger partial charge is 0.299 e. The second-order valence-electron chi connectivity index (χ2n) is 4.78. The molecule has 1 aliphatic carbocycles. The number of rotatable bonds is 1. The van der Waals surface area contributed by atoms with Gasteiger partial charge in [-0.3, -0.25) is 23.7 Å². The summed E-state index contributed by atoms with van der Waals surface area (Å²) in [6.45, 7) is 0. The lowest BCUT2D eigenvalue weighted by atomic mass is 9.93. The van der Waals surface area contributed by atoms with Gasteiger partial charge in [0.05, 0.1) is 11.8 Å². The van der Waals surface area contributed by atoms with Crippen LogP contribution >= 0.6 is 11.3 Å². The number of benzene rings is 1. The van der Waals surface area contributed by atoms with Gasteiger partial charge < -0.3 is 0 Å². The van der Waals surface area contributed by atoms with Crippen molar-refractivity contribution in [1.29, 1.82) is 0 Å². The average Bonchev–Trinajstić information content (AvgIpc) is 2.41. The normalized spacial score (nSPS) is 19.5. The van der Waals surface area contributed by atoms with Crippen molar-refractivity contribution >= 4 is 33.0 Å².